The molecule has 10 nitrogen and oxygen atoms in total. The Balaban J connectivity index is 2.71. The molecule has 0 bridgehead atoms. The predicted molar refractivity (Wildman–Crippen MR) is 110 cm³/mol. The van der Waals surface area contributed by atoms with Gasteiger partial charge in [-0.05, 0) is 26.3 Å². The van der Waals surface area contributed by atoms with E-state index in [9.17, 15) is 24.8 Å². The number of nitro groups is 2. The predicted octanol–water partition coefficient (Wildman–Crippen LogP) is 5.46. The molecular weight excluding hydrogens is 401 g/mol. The first-order valence-electron chi connectivity index (χ1n) is 9.28. The monoisotopic (exact) mass is 425 g/mol. The number of nitrogens with zero attached hydrogens (tertiary/aromatic N) is 2. The van der Waals surface area contributed by atoms with Gasteiger partial charge in [0.15, 0.2) is 0 Å². The zero-order chi connectivity index (χ0) is 21.6. The number of hydrogen-bond donors (Lipinski definition) is 1. The third kappa shape index (κ3) is 4.90. The van der Waals surface area contributed by atoms with Crippen LogP contribution in [0.5, 0.6) is 0 Å². The zero-order valence-electron chi connectivity index (χ0n) is 16.5. The fraction of sp³-hybridized carbons (Fsp3) is 0.444. The number of fused-ring (bicyclic) bond motifs is 1. The van der Waals surface area contributed by atoms with Crippen molar-refractivity contribution in [1.29, 1.82) is 0 Å². The van der Waals surface area contributed by atoms with Gasteiger partial charge < -0.3 is 14.4 Å². The number of anilines is 1. The molecule has 0 aliphatic rings. The fourth-order valence-electron chi connectivity index (χ4n) is 3.12. The standard InChI is InChI=1S/C18H24N3O7P/c1-4-9-17(29(26,27-5-2)28-6-3)19-18-14-11-8-7-10-13(14)15(20(22)23)12-16(18)21(24)25/h7-8,10-12,17,19H,4-6,9H2,1-3H3. The van der Waals surface area contributed by atoms with Crippen molar-refractivity contribution in [2.45, 2.75) is 39.4 Å². The van der Waals surface area contributed by atoms with Crippen LogP contribution in [0.4, 0.5) is 17.1 Å². The molecule has 0 aliphatic carbocycles. The van der Waals surface area contributed by atoms with E-state index < -0.39 is 28.9 Å². The Morgan fingerprint density at radius 3 is 2.03 bits per heavy atom. The number of non-ortho nitro benzene ring substituents is 1. The Bertz CT molecular complexity index is 940. The first-order chi connectivity index (χ1) is 13.8. The number of nitrogens with one attached hydrogen (secondary N) is 1. The Morgan fingerprint density at radius 2 is 1.55 bits per heavy atom. The lowest BCUT2D eigenvalue weighted by atomic mass is 10.0. The van der Waals surface area contributed by atoms with Crippen molar-refractivity contribution in [3.8, 4) is 0 Å². The molecule has 158 valence electrons. The Labute approximate surface area is 168 Å². The van der Waals surface area contributed by atoms with Crippen LogP contribution < -0.4 is 5.32 Å². The van der Waals surface area contributed by atoms with Gasteiger partial charge in [-0.15, -0.1) is 0 Å². The molecule has 2 aromatic rings. The van der Waals surface area contributed by atoms with Crippen molar-refractivity contribution in [2.75, 3.05) is 18.5 Å². The van der Waals surface area contributed by atoms with Gasteiger partial charge in [0.05, 0.1) is 34.5 Å². The lowest BCUT2D eigenvalue weighted by Gasteiger charge is -2.28. The molecule has 0 spiro atoms. The van der Waals surface area contributed by atoms with Crippen molar-refractivity contribution < 1.29 is 23.5 Å². The first kappa shape index (κ1) is 22.7. The van der Waals surface area contributed by atoms with Crippen LogP contribution in [-0.4, -0.2) is 28.8 Å². The fourth-order valence-corrected chi connectivity index (χ4v) is 5.13. The molecule has 1 N–H and O–H groups in total. The molecule has 1 atom stereocenters. The van der Waals surface area contributed by atoms with E-state index in [4.69, 9.17) is 9.05 Å². The highest BCUT2D eigenvalue weighted by molar-refractivity contribution is 7.54. The second-order valence-corrected chi connectivity index (χ2v) is 8.39. The SMILES string of the molecule is CCCC(Nc1c([N+](=O)[O-])cc([N+](=O)[O-])c2ccccc12)P(=O)(OCC)OCC. The van der Waals surface area contributed by atoms with Crippen LogP contribution in [0.2, 0.25) is 0 Å². The van der Waals surface area contributed by atoms with E-state index in [2.05, 4.69) is 5.32 Å². The largest absolute Gasteiger partial charge is 0.365 e. The lowest BCUT2D eigenvalue weighted by Crippen LogP contribution is -2.23. The molecule has 11 heteroatoms. The average Bonchev–Trinajstić information content (AvgIpc) is 2.67. The molecule has 2 rings (SSSR count). The van der Waals surface area contributed by atoms with Gasteiger partial charge in [0.1, 0.15) is 11.5 Å². The number of nitro benzene ring substituents is 2. The quantitative estimate of drug-likeness (QED) is 0.285. The summed E-state index contributed by atoms with van der Waals surface area (Å²) in [5.74, 6) is -0.851. The second kappa shape index (κ2) is 9.78. The minimum Gasteiger partial charge on any atom is -0.365 e. The van der Waals surface area contributed by atoms with Gasteiger partial charge in [-0.2, -0.15) is 0 Å². The summed E-state index contributed by atoms with van der Waals surface area (Å²) in [6.45, 7) is 5.51. The van der Waals surface area contributed by atoms with Gasteiger partial charge in [-0.3, -0.25) is 24.8 Å². The van der Waals surface area contributed by atoms with E-state index in [0.717, 1.165) is 6.07 Å². The Morgan fingerprint density at radius 1 is 1.00 bits per heavy atom. The maximum absolute atomic E-state index is 13.3. The van der Waals surface area contributed by atoms with Gasteiger partial charge in [0, 0.05) is 5.39 Å². The van der Waals surface area contributed by atoms with Gasteiger partial charge in [0.2, 0.25) is 0 Å². The molecule has 0 aromatic heterocycles. The van der Waals surface area contributed by atoms with E-state index in [1.807, 2.05) is 6.92 Å². The van der Waals surface area contributed by atoms with Crippen molar-refractivity contribution >= 4 is 35.4 Å². The summed E-state index contributed by atoms with van der Waals surface area (Å²) < 4.78 is 24.2. The summed E-state index contributed by atoms with van der Waals surface area (Å²) in [5.41, 5.74) is -0.798. The minimum atomic E-state index is -3.64. The summed E-state index contributed by atoms with van der Waals surface area (Å²) in [7, 11) is -3.64. The molecule has 0 radical (unpaired) electrons. The average molecular weight is 425 g/mol. The van der Waals surface area contributed by atoms with Gasteiger partial charge in [-0.25, -0.2) is 0 Å². The summed E-state index contributed by atoms with van der Waals surface area (Å²) in [4.78, 5) is 21.8. The van der Waals surface area contributed by atoms with Crippen molar-refractivity contribution in [3.05, 3.63) is 50.6 Å². The van der Waals surface area contributed by atoms with Crippen LogP contribution in [0, 0.1) is 20.2 Å². The molecule has 2 aromatic carbocycles. The molecule has 29 heavy (non-hydrogen) atoms. The van der Waals surface area contributed by atoms with Gasteiger partial charge >= 0.3 is 7.60 Å². The second-order valence-electron chi connectivity index (χ2n) is 6.17. The summed E-state index contributed by atoms with van der Waals surface area (Å²) in [6, 6.07) is 7.22. The van der Waals surface area contributed by atoms with Crippen LogP contribution in [0.3, 0.4) is 0 Å². The summed E-state index contributed by atoms with van der Waals surface area (Å²) in [6.07, 6.45) is 0.972. The van der Waals surface area contributed by atoms with Crippen LogP contribution in [-0.2, 0) is 13.6 Å². The highest BCUT2D eigenvalue weighted by Crippen LogP contribution is 2.55. The topological polar surface area (TPSA) is 134 Å². The van der Waals surface area contributed by atoms with Crippen molar-refractivity contribution in [2.24, 2.45) is 0 Å². The van der Waals surface area contributed by atoms with E-state index >= 15 is 0 Å². The summed E-state index contributed by atoms with van der Waals surface area (Å²) >= 11 is 0. The Hall–Kier alpha value is -2.55. The third-order valence-electron chi connectivity index (χ3n) is 4.27. The Kier molecular flexibility index (Phi) is 7.66. The highest BCUT2D eigenvalue weighted by atomic mass is 31.2. The normalized spacial score (nSPS) is 12.7. The summed E-state index contributed by atoms with van der Waals surface area (Å²) in [5, 5.41) is 26.6. The zero-order valence-corrected chi connectivity index (χ0v) is 17.4. The molecule has 0 saturated heterocycles. The molecule has 0 aliphatic heterocycles. The first-order valence-corrected chi connectivity index (χ1v) is 10.9. The number of rotatable bonds is 11. The molecular formula is C18H24N3O7P. The van der Waals surface area contributed by atoms with E-state index in [1.54, 1.807) is 32.0 Å². The lowest BCUT2D eigenvalue weighted by molar-refractivity contribution is -0.392. The third-order valence-corrected chi connectivity index (χ3v) is 6.66. The highest BCUT2D eigenvalue weighted by Gasteiger charge is 2.37. The number of hydrogen-bond acceptors (Lipinski definition) is 8. The van der Waals surface area contributed by atoms with E-state index in [1.165, 1.54) is 6.07 Å². The minimum absolute atomic E-state index is 0.0503. The van der Waals surface area contributed by atoms with Crippen molar-refractivity contribution in [1.82, 2.24) is 0 Å². The van der Waals surface area contributed by atoms with Crippen molar-refractivity contribution in [3.63, 3.8) is 0 Å². The number of benzene rings is 2. The van der Waals surface area contributed by atoms with Crippen LogP contribution in [0.25, 0.3) is 10.8 Å². The molecule has 1 unspecified atom stereocenters. The smallest absolute Gasteiger partial charge is 0.352 e. The van der Waals surface area contributed by atoms with E-state index in [-0.39, 0.29) is 35.4 Å². The molecule has 0 heterocycles. The van der Waals surface area contributed by atoms with Crippen LogP contribution in [0.1, 0.15) is 33.6 Å². The maximum Gasteiger partial charge on any atom is 0.352 e. The molecule has 0 fully saturated rings. The van der Waals surface area contributed by atoms with Crippen LogP contribution in [0.15, 0.2) is 30.3 Å². The molecule has 0 saturated carbocycles. The maximum atomic E-state index is 13.3. The van der Waals surface area contributed by atoms with Gasteiger partial charge in [-0.1, -0.05) is 31.5 Å². The van der Waals surface area contributed by atoms with E-state index in [0.29, 0.717) is 12.8 Å². The molecule has 0 amide bonds. The van der Waals surface area contributed by atoms with Gasteiger partial charge in [0.25, 0.3) is 11.4 Å². The van der Waals surface area contributed by atoms with Crippen LogP contribution >= 0.6 is 7.60 Å².